The standard InChI is InChI=1S/C14H22O/c1-5-7-12(6-2)13-9-10(3)8-11(4)14(13)15/h8-9,12,15H,5-7H2,1-4H3. The third-order valence-electron chi connectivity index (χ3n) is 3.04. The normalized spacial score (nSPS) is 12.8. The lowest BCUT2D eigenvalue weighted by Crippen LogP contribution is -1.99. The summed E-state index contributed by atoms with van der Waals surface area (Å²) in [6, 6.07) is 4.17. The second-order valence-corrected chi connectivity index (χ2v) is 4.41. The fraction of sp³-hybridized carbons (Fsp3) is 0.571. The first-order chi connectivity index (χ1) is 7.10. The summed E-state index contributed by atoms with van der Waals surface area (Å²) in [5.74, 6) is 1.01. The molecule has 0 aliphatic rings. The molecule has 1 unspecified atom stereocenters. The largest absolute Gasteiger partial charge is 0.507 e. The van der Waals surface area contributed by atoms with Gasteiger partial charge >= 0.3 is 0 Å². The van der Waals surface area contributed by atoms with E-state index in [2.05, 4.69) is 26.8 Å². The molecule has 15 heavy (non-hydrogen) atoms. The summed E-state index contributed by atoms with van der Waals surface area (Å²) >= 11 is 0. The smallest absolute Gasteiger partial charge is 0.121 e. The van der Waals surface area contributed by atoms with E-state index in [1.165, 1.54) is 12.0 Å². The van der Waals surface area contributed by atoms with Gasteiger partial charge in [0, 0.05) is 0 Å². The van der Waals surface area contributed by atoms with Gasteiger partial charge in [0.1, 0.15) is 5.75 Å². The zero-order valence-electron chi connectivity index (χ0n) is 10.3. The van der Waals surface area contributed by atoms with Crippen LogP contribution in [0.2, 0.25) is 0 Å². The lowest BCUT2D eigenvalue weighted by Gasteiger charge is -2.18. The zero-order chi connectivity index (χ0) is 11.4. The third kappa shape index (κ3) is 2.74. The molecular formula is C14H22O. The fourth-order valence-corrected chi connectivity index (χ4v) is 2.23. The molecule has 1 rings (SSSR count). The molecule has 0 aromatic heterocycles. The molecule has 1 heteroatoms. The minimum absolute atomic E-state index is 0.501. The second-order valence-electron chi connectivity index (χ2n) is 4.41. The average molecular weight is 206 g/mol. The van der Waals surface area contributed by atoms with Gasteiger partial charge in [0.15, 0.2) is 0 Å². The van der Waals surface area contributed by atoms with Crippen molar-refractivity contribution >= 4 is 0 Å². The molecule has 0 amide bonds. The van der Waals surface area contributed by atoms with Gasteiger partial charge in [0.05, 0.1) is 0 Å². The highest BCUT2D eigenvalue weighted by atomic mass is 16.3. The first kappa shape index (κ1) is 12.1. The Bertz CT molecular complexity index is 328. The maximum Gasteiger partial charge on any atom is 0.121 e. The van der Waals surface area contributed by atoms with Gasteiger partial charge in [-0.1, -0.05) is 38.0 Å². The molecule has 0 heterocycles. The molecule has 1 aromatic carbocycles. The lowest BCUT2D eigenvalue weighted by atomic mass is 9.89. The predicted molar refractivity (Wildman–Crippen MR) is 65.5 cm³/mol. The molecule has 1 atom stereocenters. The number of rotatable bonds is 4. The minimum Gasteiger partial charge on any atom is -0.507 e. The molecule has 0 saturated carbocycles. The highest BCUT2D eigenvalue weighted by molar-refractivity contribution is 5.44. The molecule has 0 saturated heterocycles. The molecule has 84 valence electrons. The van der Waals surface area contributed by atoms with Gasteiger partial charge in [-0.3, -0.25) is 0 Å². The van der Waals surface area contributed by atoms with E-state index in [-0.39, 0.29) is 0 Å². The van der Waals surface area contributed by atoms with Crippen LogP contribution in [0.4, 0.5) is 0 Å². The van der Waals surface area contributed by atoms with Crippen molar-refractivity contribution in [3.8, 4) is 5.75 Å². The molecule has 1 nitrogen and oxygen atoms in total. The number of hydrogen-bond acceptors (Lipinski definition) is 1. The second kappa shape index (κ2) is 5.20. The Labute approximate surface area is 93.1 Å². The van der Waals surface area contributed by atoms with Crippen molar-refractivity contribution in [2.75, 3.05) is 0 Å². The third-order valence-corrected chi connectivity index (χ3v) is 3.04. The van der Waals surface area contributed by atoms with E-state index in [1.54, 1.807) is 0 Å². The molecule has 0 radical (unpaired) electrons. The summed E-state index contributed by atoms with van der Waals surface area (Å²) < 4.78 is 0. The quantitative estimate of drug-likeness (QED) is 0.778. The van der Waals surface area contributed by atoms with E-state index >= 15 is 0 Å². The van der Waals surface area contributed by atoms with Crippen molar-refractivity contribution in [1.82, 2.24) is 0 Å². The molecule has 0 aliphatic heterocycles. The minimum atomic E-state index is 0.501. The Balaban J connectivity index is 3.10. The fourth-order valence-electron chi connectivity index (χ4n) is 2.23. The van der Waals surface area contributed by atoms with Crippen LogP contribution in [-0.2, 0) is 0 Å². The first-order valence-corrected chi connectivity index (χ1v) is 5.90. The lowest BCUT2D eigenvalue weighted by molar-refractivity contribution is 0.450. The predicted octanol–water partition coefficient (Wildman–Crippen LogP) is 4.30. The van der Waals surface area contributed by atoms with Crippen molar-refractivity contribution in [1.29, 1.82) is 0 Å². The zero-order valence-corrected chi connectivity index (χ0v) is 10.3. The van der Waals surface area contributed by atoms with Crippen molar-refractivity contribution < 1.29 is 5.11 Å². The first-order valence-electron chi connectivity index (χ1n) is 5.90. The van der Waals surface area contributed by atoms with Gasteiger partial charge in [-0.25, -0.2) is 0 Å². The van der Waals surface area contributed by atoms with Crippen LogP contribution in [0.15, 0.2) is 12.1 Å². The molecule has 1 aromatic rings. The van der Waals surface area contributed by atoms with Crippen LogP contribution >= 0.6 is 0 Å². The maximum atomic E-state index is 10.1. The number of benzene rings is 1. The van der Waals surface area contributed by atoms with E-state index < -0.39 is 0 Å². The maximum absolute atomic E-state index is 10.1. The van der Waals surface area contributed by atoms with E-state index in [0.717, 1.165) is 24.0 Å². The van der Waals surface area contributed by atoms with Gasteiger partial charge in [0.2, 0.25) is 0 Å². The van der Waals surface area contributed by atoms with Crippen LogP contribution in [0.25, 0.3) is 0 Å². The highest BCUT2D eigenvalue weighted by Crippen LogP contribution is 2.34. The van der Waals surface area contributed by atoms with Crippen LogP contribution in [-0.4, -0.2) is 5.11 Å². The Hall–Kier alpha value is -0.980. The Morgan fingerprint density at radius 2 is 1.87 bits per heavy atom. The van der Waals surface area contributed by atoms with Crippen LogP contribution in [0.3, 0.4) is 0 Å². The van der Waals surface area contributed by atoms with Crippen molar-refractivity contribution in [3.05, 3.63) is 28.8 Å². The van der Waals surface area contributed by atoms with E-state index in [9.17, 15) is 5.11 Å². The van der Waals surface area contributed by atoms with Gasteiger partial charge < -0.3 is 5.11 Å². The number of phenols is 1. The molecular weight excluding hydrogens is 184 g/mol. The molecule has 0 bridgehead atoms. The summed E-state index contributed by atoms with van der Waals surface area (Å²) in [6.45, 7) is 8.46. The summed E-state index contributed by atoms with van der Waals surface area (Å²) in [4.78, 5) is 0. The number of aryl methyl sites for hydroxylation is 2. The van der Waals surface area contributed by atoms with Gasteiger partial charge in [0.25, 0.3) is 0 Å². The monoisotopic (exact) mass is 206 g/mol. The summed E-state index contributed by atoms with van der Waals surface area (Å²) in [7, 11) is 0. The van der Waals surface area contributed by atoms with Crippen LogP contribution in [0.5, 0.6) is 5.75 Å². The van der Waals surface area contributed by atoms with Crippen LogP contribution in [0, 0.1) is 13.8 Å². The van der Waals surface area contributed by atoms with E-state index in [4.69, 9.17) is 0 Å². The van der Waals surface area contributed by atoms with Crippen molar-refractivity contribution in [2.24, 2.45) is 0 Å². The molecule has 1 N–H and O–H groups in total. The summed E-state index contributed by atoms with van der Waals surface area (Å²) in [5, 5.41) is 10.1. The molecule has 0 spiro atoms. The van der Waals surface area contributed by atoms with Crippen LogP contribution < -0.4 is 0 Å². The average Bonchev–Trinajstić information content (AvgIpc) is 2.20. The Kier molecular flexibility index (Phi) is 4.19. The Morgan fingerprint density at radius 1 is 1.20 bits per heavy atom. The number of phenolic OH excluding ortho intramolecular Hbond substituents is 1. The van der Waals surface area contributed by atoms with E-state index in [1.807, 2.05) is 13.0 Å². The van der Waals surface area contributed by atoms with Gasteiger partial charge in [-0.05, 0) is 43.7 Å². The molecule has 0 aliphatic carbocycles. The van der Waals surface area contributed by atoms with Crippen molar-refractivity contribution in [3.63, 3.8) is 0 Å². The number of hydrogen-bond donors (Lipinski definition) is 1. The van der Waals surface area contributed by atoms with E-state index in [0.29, 0.717) is 11.7 Å². The highest BCUT2D eigenvalue weighted by Gasteiger charge is 2.14. The topological polar surface area (TPSA) is 20.2 Å². The van der Waals surface area contributed by atoms with Gasteiger partial charge in [-0.2, -0.15) is 0 Å². The van der Waals surface area contributed by atoms with Crippen LogP contribution in [0.1, 0.15) is 55.7 Å². The SMILES string of the molecule is CCCC(CC)c1cc(C)cc(C)c1O. The number of aromatic hydroxyl groups is 1. The van der Waals surface area contributed by atoms with Crippen molar-refractivity contribution in [2.45, 2.75) is 52.9 Å². The van der Waals surface area contributed by atoms with Gasteiger partial charge in [-0.15, -0.1) is 0 Å². The Morgan fingerprint density at radius 3 is 2.40 bits per heavy atom. The molecule has 0 fully saturated rings. The summed E-state index contributed by atoms with van der Waals surface area (Å²) in [6.07, 6.45) is 3.43. The summed E-state index contributed by atoms with van der Waals surface area (Å²) in [5.41, 5.74) is 3.38.